The lowest BCUT2D eigenvalue weighted by molar-refractivity contribution is -0.142. The summed E-state index contributed by atoms with van der Waals surface area (Å²) >= 11 is 1.63. The molecule has 0 radical (unpaired) electrons. The number of carbonyl (C=O) groups is 1. The molecule has 5 heteroatoms. The van der Waals surface area contributed by atoms with Gasteiger partial charge in [-0.3, -0.25) is 14.7 Å². The second-order valence-electron chi connectivity index (χ2n) is 5.45. The van der Waals surface area contributed by atoms with Gasteiger partial charge in [0.05, 0.1) is 11.7 Å². The highest BCUT2D eigenvalue weighted by Crippen LogP contribution is 2.34. The zero-order valence-corrected chi connectivity index (χ0v) is 12.7. The molecular weight excluding hydrogens is 284 g/mol. The molecule has 2 aromatic heterocycles. The van der Waals surface area contributed by atoms with Crippen LogP contribution >= 0.6 is 11.3 Å². The van der Waals surface area contributed by atoms with Gasteiger partial charge in [0, 0.05) is 12.7 Å². The number of pyridine rings is 1. The van der Waals surface area contributed by atoms with Gasteiger partial charge in [-0.2, -0.15) is 11.3 Å². The van der Waals surface area contributed by atoms with E-state index in [1.165, 1.54) is 0 Å². The van der Waals surface area contributed by atoms with Gasteiger partial charge in [-0.15, -0.1) is 0 Å². The molecule has 2 unspecified atom stereocenters. The fourth-order valence-electron chi connectivity index (χ4n) is 2.97. The highest BCUT2D eigenvalue weighted by atomic mass is 32.1. The summed E-state index contributed by atoms with van der Waals surface area (Å²) < 4.78 is 0. The smallest absolute Gasteiger partial charge is 0.320 e. The highest BCUT2D eigenvalue weighted by Gasteiger charge is 2.37. The first kappa shape index (κ1) is 14.2. The van der Waals surface area contributed by atoms with E-state index in [0.717, 1.165) is 29.8 Å². The Morgan fingerprint density at radius 2 is 2.33 bits per heavy atom. The molecular formula is C16H18N2O2S. The van der Waals surface area contributed by atoms with Gasteiger partial charge in [0.1, 0.15) is 6.04 Å². The maximum Gasteiger partial charge on any atom is 0.320 e. The van der Waals surface area contributed by atoms with Crippen LogP contribution in [-0.2, 0) is 4.79 Å². The van der Waals surface area contributed by atoms with Crippen molar-refractivity contribution in [2.75, 3.05) is 6.54 Å². The lowest BCUT2D eigenvalue weighted by Gasteiger charge is -2.30. The number of aryl methyl sites for hydroxylation is 1. The number of rotatable bonds is 4. The molecule has 2 atom stereocenters. The molecule has 0 amide bonds. The number of aliphatic carboxylic acids is 1. The number of nitrogens with zero attached hydrogens (tertiary/aromatic N) is 2. The molecule has 0 spiro atoms. The first-order valence-electron chi connectivity index (χ1n) is 7.10. The average Bonchev–Trinajstić information content (AvgIpc) is 3.13. The SMILES string of the molecule is Cc1ccc(C(c2ccsc2)N2CCCC2C(=O)O)nc1. The Bertz CT molecular complexity index is 610. The van der Waals surface area contributed by atoms with Crippen LogP contribution in [0.1, 0.15) is 35.7 Å². The van der Waals surface area contributed by atoms with Gasteiger partial charge in [0.25, 0.3) is 0 Å². The van der Waals surface area contributed by atoms with E-state index in [4.69, 9.17) is 0 Å². The van der Waals surface area contributed by atoms with Crippen molar-refractivity contribution in [2.24, 2.45) is 0 Å². The molecule has 1 N–H and O–H groups in total. The van der Waals surface area contributed by atoms with Crippen molar-refractivity contribution in [1.82, 2.24) is 9.88 Å². The third kappa shape index (κ3) is 2.84. The minimum absolute atomic E-state index is 0.0690. The molecule has 1 aliphatic rings. The molecule has 0 bridgehead atoms. The molecule has 0 aliphatic carbocycles. The topological polar surface area (TPSA) is 53.4 Å². The van der Waals surface area contributed by atoms with Crippen molar-refractivity contribution < 1.29 is 9.90 Å². The summed E-state index contributed by atoms with van der Waals surface area (Å²) in [6, 6.07) is 5.62. The number of aromatic nitrogens is 1. The molecule has 0 aromatic carbocycles. The van der Waals surface area contributed by atoms with Crippen LogP contribution in [0.5, 0.6) is 0 Å². The molecule has 110 valence electrons. The van der Waals surface area contributed by atoms with Gasteiger partial charge in [0.15, 0.2) is 0 Å². The number of carboxylic acid groups (broad SMARTS) is 1. The molecule has 21 heavy (non-hydrogen) atoms. The Morgan fingerprint density at radius 3 is 2.95 bits per heavy atom. The first-order valence-corrected chi connectivity index (χ1v) is 8.04. The number of thiophene rings is 1. The highest BCUT2D eigenvalue weighted by molar-refractivity contribution is 7.08. The Morgan fingerprint density at radius 1 is 1.48 bits per heavy atom. The molecule has 4 nitrogen and oxygen atoms in total. The van der Waals surface area contributed by atoms with E-state index in [0.29, 0.717) is 6.42 Å². The van der Waals surface area contributed by atoms with E-state index in [1.807, 2.05) is 30.6 Å². The minimum atomic E-state index is -0.736. The quantitative estimate of drug-likeness (QED) is 0.943. The van der Waals surface area contributed by atoms with Crippen molar-refractivity contribution in [1.29, 1.82) is 0 Å². The van der Waals surface area contributed by atoms with Crippen molar-refractivity contribution in [3.05, 3.63) is 52.0 Å². The van der Waals surface area contributed by atoms with Gasteiger partial charge in [-0.25, -0.2) is 0 Å². The monoisotopic (exact) mass is 302 g/mol. The van der Waals surface area contributed by atoms with E-state index in [-0.39, 0.29) is 6.04 Å². The zero-order chi connectivity index (χ0) is 14.8. The Labute approximate surface area is 128 Å². The Balaban J connectivity index is 2.00. The number of hydrogen-bond donors (Lipinski definition) is 1. The maximum absolute atomic E-state index is 11.5. The fourth-order valence-corrected chi connectivity index (χ4v) is 3.65. The Hall–Kier alpha value is -1.72. The van der Waals surface area contributed by atoms with Gasteiger partial charge >= 0.3 is 5.97 Å². The zero-order valence-electron chi connectivity index (χ0n) is 11.9. The maximum atomic E-state index is 11.5. The Kier molecular flexibility index (Phi) is 4.03. The first-order chi connectivity index (χ1) is 10.2. The number of carboxylic acids is 1. The van der Waals surface area contributed by atoms with Gasteiger partial charge in [-0.1, -0.05) is 6.07 Å². The summed E-state index contributed by atoms with van der Waals surface area (Å²) in [4.78, 5) is 18.1. The van der Waals surface area contributed by atoms with Crippen molar-refractivity contribution >= 4 is 17.3 Å². The molecule has 1 fully saturated rings. The summed E-state index contributed by atoms with van der Waals surface area (Å²) in [5.41, 5.74) is 3.16. The van der Waals surface area contributed by atoms with Crippen LogP contribution < -0.4 is 0 Å². The molecule has 1 saturated heterocycles. The van der Waals surface area contributed by atoms with Crippen LogP contribution in [-0.4, -0.2) is 33.5 Å². The molecule has 3 heterocycles. The van der Waals surface area contributed by atoms with E-state index < -0.39 is 12.0 Å². The summed E-state index contributed by atoms with van der Waals surface area (Å²) in [6.07, 6.45) is 3.48. The second kappa shape index (κ2) is 5.95. The molecule has 0 saturated carbocycles. The van der Waals surface area contributed by atoms with Crippen LogP contribution in [0.2, 0.25) is 0 Å². The van der Waals surface area contributed by atoms with Crippen LogP contribution in [0, 0.1) is 6.92 Å². The van der Waals surface area contributed by atoms with Crippen LogP contribution in [0.3, 0.4) is 0 Å². The van der Waals surface area contributed by atoms with Crippen LogP contribution in [0.25, 0.3) is 0 Å². The average molecular weight is 302 g/mol. The molecule has 2 aromatic rings. The van der Waals surface area contributed by atoms with Crippen molar-refractivity contribution in [3.8, 4) is 0 Å². The largest absolute Gasteiger partial charge is 0.480 e. The lowest BCUT2D eigenvalue weighted by Crippen LogP contribution is -2.39. The van der Waals surface area contributed by atoms with E-state index >= 15 is 0 Å². The van der Waals surface area contributed by atoms with E-state index in [2.05, 4.69) is 21.3 Å². The summed E-state index contributed by atoms with van der Waals surface area (Å²) in [5, 5.41) is 13.6. The van der Waals surface area contributed by atoms with Crippen molar-refractivity contribution in [2.45, 2.75) is 31.8 Å². The predicted octanol–water partition coefficient (Wildman–Crippen LogP) is 3.09. The normalized spacial score (nSPS) is 20.5. The summed E-state index contributed by atoms with van der Waals surface area (Å²) in [6.45, 7) is 2.80. The number of likely N-dealkylation sites (tertiary alicyclic amines) is 1. The van der Waals surface area contributed by atoms with Crippen molar-refractivity contribution in [3.63, 3.8) is 0 Å². The van der Waals surface area contributed by atoms with Gasteiger partial charge < -0.3 is 5.11 Å². The van der Waals surface area contributed by atoms with Crippen LogP contribution in [0.4, 0.5) is 0 Å². The summed E-state index contributed by atoms with van der Waals surface area (Å²) in [7, 11) is 0. The summed E-state index contributed by atoms with van der Waals surface area (Å²) in [5.74, 6) is -0.736. The predicted molar refractivity (Wildman–Crippen MR) is 82.5 cm³/mol. The number of hydrogen-bond acceptors (Lipinski definition) is 4. The van der Waals surface area contributed by atoms with Gasteiger partial charge in [-0.05, 0) is 53.8 Å². The lowest BCUT2D eigenvalue weighted by atomic mass is 10.0. The fraction of sp³-hybridized carbons (Fsp3) is 0.375. The van der Waals surface area contributed by atoms with E-state index in [9.17, 15) is 9.90 Å². The third-order valence-electron chi connectivity index (χ3n) is 3.98. The van der Waals surface area contributed by atoms with Gasteiger partial charge in [0.2, 0.25) is 0 Å². The molecule has 1 aliphatic heterocycles. The minimum Gasteiger partial charge on any atom is -0.480 e. The second-order valence-corrected chi connectivity index (χ2v) is 6.23. The standard InChI is InChI=1S/C16H18N2O2S/c1-11-4-5-13(17-9-11)15(12-6-8-21-10-12)18-7-2-3-14(18)16(19)20/h4-6,8-10,14-15H,2-3,7H2,1H3,(H,19,20). The third-order valence-corrected chi connectivity index (χ3v) is 4.69. The van der Waals surface area contributed by atoms with E-state index in [1.54, 1.807) is 11.3 Å². The van der Waals surface area contributed by atoms with Crippen LogP contribution in [0.15, 0.2) is 35.2 Å². The molecule has 3 rings (SSSR count).